The molecular formula is C16H21ClN2O4. The van der Waals surface area contributed by atoms with E-state index in [1.807, 2.05) is 0 Å². The Labute approximate surface area is 140 Å². The van der Waals surface area contributed by atoms with Crippen LogP contribution >= 0.6 is 11.6 Å². The molecule has 1 saturated heterocycles. The first-order valence-electron chi connectivity index (χ1n) is 7.46. The highest BCUT2D eigenvalue weighted by Gasteiger charge is 2.36. The van der Waals surface area contributed by atoms with Crippen molar-refractivity contribution in [1.82, 2.24) is 5.32 Å². The van der Waals surface area contributed by atoms with Crippen LogP contribution < -0.4 is 19.7 Å². The van der Waals surface area contributed by atoms with Crippen molar-refractivity contribution in [2.45, 2.75) is 12.8 Å². The van der Waals surface area contributed by atoms with Crippen LogP contribution in [0.2, 0.25) is 0 Å². The highest BCUT2D eigenvalue weighted by atomic mass is 35.5. The minimum atomic E-state index is -0.367. The molecule has 1 aromatic rings. The number of rotatable bonds is 7. The number of benzene rings is 1. The van der Waals surface area contributed by atoms with Crippen LogP contribution in [0.4, 0.5) is 5.69 Å². The van der Waals surface area contributed by atoms with Gasteiger partial charge in [0.05, 0.1) is 25.8 Å². The highest BCUT2D eigenvalue weighted by Crippen LogP contribution is 2.35. The average Bonchev–Trinajstić information content (AvgIpc) is 2.96. The van der Waals surface area contributed by atoms with E-state index in [2.05, 4.69) is 5.32 Å². The van der Waals surface area contributed by atoms with Crippen LogP contribution in [0, 0.1) is 5.92 Å². The number of anilines is 1. The molecule has 1 N–H and O–H groups in total. The van der Waals surface area contributed by atoms with E-state index in [4.69, 9.17) is 21.1 Å². The van der Waals surface area contributed by atoms with Crippen LogP contribution in [0.3, 0.4) is 0 Å². The molecule has 0 unspecified atom stereocenters. The smallest absolute Gasteiger partial charge is 0.227 e. The van der Waals surface area contributed by atoms with Crippen molar-refractivity contribution in [2.24, 2.45) is 5.92 Å². The molecule has 0 saturated carbocycles. The molecule has 1 aromatic carbocycles. The van der Waals surface area contributed by atoms with Gasteiger partial charge in [-0.2, -0.15) is 0 Å². The summed E-state index contributed by atoms with van der Waals surface area (Å²) < 4.78 is 10.5. The van der Waals surface area contributed by atoms with E-state index in [9.17, 15) is 9.59 Å². The lowest BCUT2D eigenvalue weighted by molar-refractivity contribution is -0.126. The van der Waals surface area contributed by atoms with Gasteiger partial charge in [0, 0.05) is 31.5 Å². The van der Waals surface area contributed by atoms with Crippen LogP contribution in [0.5, 0.6) is 11.5 Å². The molecule has 23 heavy (non-hydrogen) atoms. The Morgan fingerprint density at radius 2 is 2.17 bits per heavy atom. The fourth-order valence-corrected chi connectivity index (χ4v) is 2.68. The lowest BCUT2D eigenvalue weighted by Crippen LogP contribution is -2.33. The topological polar surface area (TPSA) is 67.9 Å². The summed E-state index contributed by atoms with van der Waals surface area (Å²) in [4.78, 5) is 26.0. The fourth-order valence-electron chi connectivity index (χ4n) is 2.55. The molecule has 126 valence electrons. The van der Waals surface area contributed by atoms with Gasteiger partial charge in [0.2, 0.25) is 11.8 Å². The Balaban J connectivity index is 2.12. The van der Waals surface area contributed by atoms with Crippen LogP contribution in [-0.2, 0) is 9.59 Å². The predicted molar refractivity (Wildman–Crippen MR) is 88.4 cm³/mol. The van der Waals surface area contributed by atoms with Gasteiger partial charge in [-0.25, -0.2) is 0 Å². The number of hydrogen-bond donors (Lipinski definition) is 1. The van der Waals surface area contributed by atoms with Crippen molar-refractivity contribution >= 4 is 29.1 Å². The first-order chi connectivity index (χ1) is 11.1. The zero-order chi connectivity index (χ0) is 16.8. The van der Waals surface area contributed by atoms with Gasteiger partial charge in [-0.05, 0) is 18.6 Å². The quantitative estimate of drug-likeness (QED) is 0.607. The lowest BCUT2D eigenvalue weighted by Gasteiger charge is -2.20. The maximum absolute atomic E-state index is 12.3. The summed E-state index contributed by atoms with van der Waals surface area (Å²) in [7, 11) is 3.10. The first-order valence-corrected chi connectivity index (χ1v) is 8.00. The Kier molecular flexibility index (Phi) is 6.10. The number of carbonyl (C=O) groups excluding carboxylic acids is 2. The molecule has 6 nitrogen and oxygen atoms in total. The highest BCUT2D eigenvalue weighted by molar-refractivity contribution is 6.17. The van der Waals surface area contributed by atoms with E-state index in [1.54, 1.807) is 37.3 Å². The molecule has 2 rings (SSSR count). The number of halogens is 1. The normalized spacial score (nSPS) is 17.3. The van der Waals surface area contributed by atoms with Crippen LogP contribution in [0.15, 0.2) is 18.2 Å². The monoisotopic (exact) mass is 340 g/mol. The zero-order valence-corrected chi connectivity index (χ0v) is 14.1. The van der Waals surface area contributed by atoms with Crippen LogP contribution in [0.25, 0.3) is 0 Å². The third-order valence-corrected chi connectivity index (χ3v) is 4.05. The molecule has 1 heterocycles. The Bertz CT molecular complexity index is 579. The number of carbonyl (C=O) groups is 2. The Morgan fingerprint density at radius 1 is 1.39 bits per heavy atom. The summed E-state index contributed by atoms with van der Waals surface area (Å²) in [5.41, 5.74) is 0.618. The molecular weight excluding hydrogens is 320 g/mol. The van der Waals surface area contributed by atoms with Gasteiger partial charge in [0.25, 0.3) is 0 Å². The standard InChI is InChI=1S/C16H21ClN2O4/c1-22-12-4-5-14(23-2)13(9-12)19-10-11(8-15(19)20)16(21)18-7-3-6-17/h4-5,9,11H,3,6-8,10H2,1-2H3,(H,18,21)/t11-/m1/s1. The van der Waals surface area contributed by atoms with Gasteiger partial charge in [-0.15, -0.1) is 11.6 Å². The summed E-state index contributed by atoms with van der Waals surface area (Å²) in [5, 5.41) is 2.81. The Hall–Kier alpha value is -1.95. The van der Waals surface area contributed by atoms with E-state index >= 15 is 0 Å². The van der Waals surface area contributed by atoms with Gasteiger partial charge in [-0.3, -0.25) is 9.59 Å². The van der Waals surface area contributed by atoms with E-state index < -0.39 is 0 Å². The second-order valence-corrected chi connectivity index (χ2v) is 5.65. The summed E-state index contributed by atoms with van der Waals surface area (Å²) in [6, 6.07) is 5.25. The van der Waals surface area contributed by atoms with E-state index in [0.29, 0.717) is 42.6 Å². The van der Waals surface area contributed by atoms with Crippen LogP contribution in [-0.4, -0.2) is 45.0 Å². The third-order valence-electron chi connectivity index (χ3n) is 3.78. The van der Waals surface area contributed by atoms with Gasteiger partial charge in [-0.1, -0.05) is 0 Å². The SMILES string of the molecule is COc1ccc(OC)c(N2C[C@H](C(=O)NCCCCl)CC2=O)c1. The molecule has 1 aliphatic rings. The van der Waals surface area contributed by atoms with E-state index in [-0.39, 0.29) is 24.2 Å². The minimum absolute atomic E-state index is 0.103. The number of hydrogen-bond acceptors (Lipinski definition) is 4. The van der Waals surface area contributed by atoms with Gasteiger partial charge in [0.15, 0.2) is 0 Å². The summed E-state index contributed by atoms with van der Waals surface area (Å²) in [5.74, 6) is 1.11. The Morgan fingerprint density at radius 3 is 2.83 bits per heavy atom. The van der Waals surface area contributed by atoms with Crippen molar-refractivity contribution < 1.29 is 19.1 Å². The molecule has 1 atom stereocenters. The number of ether oxygens (including phenoxy) is 2. The summed E-state index contributed by atoms with van der Waals surface area (Å²) in [6.07, 6.45) is 0.897. The van der Waals surface area contributed by atoms with Crippen molar-refractivity contribution in [3.05, 3.63) is 18.2 Å². The second-order valence-electron chi connectivity index (χ2n) is 5.28. The maximum atomic E-state index is 12.3. The molecule has 1 fully saturated rings. The summed E-state index contributed by atoms with van der Waals surface area (Å²) >= 11 is 5.59. The molecule has 7 heteroatoms. The lowest BCUT2D eigenvalue weighted by atomic mass is 10.1. The summed E-state index contributed by atoms with van der Waals surface area (Å²) in [6.45, 7) is 0.852. The molecule has 0 spiro atoms. The largest absolute Gasteiger partial charge is 0.497 e. The second kappa shape index (κ2) is 8.06. The van der Waals surface area contributed by atoms with Crippen molar-refractivity contribution in [3.8, 4) is 11.5 Å². The molecule has 0 bridgehead atoms. The number of alkyl halides is 1. The molecule has 2 amide bonds. The first kappa shape index (κ1) is 17.4. The number of methoxy groups -OCH3 is 2. The van der Waals surface area contributed by atoms with Gasteiger partial charge >= 0.3 is 0 Å². The predicted octanol–water partition coefficient (Wildman–Crippen LogP) is 1.80. The average molecular weight is 341 g/mol. The van der Waals surface area contributed by atoms with E-state index in [1.165, 1.54) is 0 Å². The van der Waals surface area contributed by atoms with Gasteiger partial charge in [0.1, 0.15) is 11.5 Å². The molecule has 0 radical (unpaired) electrons. The maximum Gasteiger partial charge on any atom is 0.227 e. The minimum Gasteiger partial charge on any atom is -0.497 e. The zero-order valence-electron chi connectivity index (χ0n) is 13.3. The van der Waals surface area contributed by atoms with Gasteiger partial charge < -0.3 is 19.7 Å². The van der Waals surface area contributed by atoms with Crippen molar-refractivity contribution in [1.29, 1.82) is 0 Å². The van der Waals surface area contributed by atoms with Crippen molar-refractivity contribution in [2.75, 3.05) is 38.1 Å². The molecule has 1 aliphatic heterocycles. The molecule has 0 aliphatic carbocycles. The molecule has 0 aromatic heterocycles. The number of nitrogens with zero attached hydrogens (tertiary/aromatic N) is 1. The third kappa shape index (κ3) is 4.07. The number of amides is 2. The number of nitrogens with one attached hydrogen (secondary N) is 1. The fraction of sp³-hybridized carbons (Fsp3) is 0.500. The van der Waals surface area contributed by atoms with Crippen LogP contribution in [0.1, 0.15) is 12.8 Å². The van der Waals surface area contributed by atoms with Crippen molar-refractivity contribution in [3.63, 3.8) is 0 Å². The van der Waals surface area contributed by atoms with E-state index in [0.717, 1.165) is 0 Å².